The van der Waals surface area contributed by atoms with Gasteiger partial charge in [-0.05, 0) is 12.8 Å². The third kappa shape index (κ3) is 20.4. The van der Waals surface area contributed by atoms with Gasteiger partial charge >= 0.3 is 23.9 Å². The van der Waals surface area contributed by atoms with Crippen molar-refractivity contribution in [3.63, 3.8) is 0 Å². The number of aliphatic carboxylic acids is 2. The second kappa shape index (κ2) is 24.4. The van der Waals surface area contributed by atoms with Gasteiger partial charge in [0, 0.05) is 36.7 Å². The lowest BCUT2D eigenvalue weighted by Crippen LogP contribution is -2.34. The number of esters is 2. The number of hydrogen-bond acceptors (Lipinski definition) is 7. The fraction of sp³-hybridized carbons (Fsp3) is 0.706. The molecule has 1 aromatic rings. The first-order chi connectivity index (χ1) is 20.7. The number of hydrogen-bond donors (Lipinski definition) is 2. The molecule has 0 unspecified atom stereocenters. The van der Waals surface area contributed by atoms with Gasteiger partial charge in [0.05, 0.1) is 0 Å². The van der Waals surface area contributed by atoms with Crippen molar-refractivity contribution in [3.8, 4) is 11.5 Å². The average molecular weight is 606 g/mol. The van der Waals surface area contributed by atoms with Gasteiger partial charge in [0.1, 0.15) is 24.6 Å². The topological polar surface area (TPSA) is 130 Å². The molecule has 1 aromatic carbocycles. The fourth-order valence-electron chi connectivity index (χ4n) is 4.95. The highest BCUT2D eigenvalue weighted by molar-refractivity contribution is 5.81. The quantitative estimate of drug-likeness (QED) is 0.0577. The van der Waals surface area contributed by atoms with E-state index in [1.54, 1.807) is 0 Å². The highest BCUT2D eigenvalue weighted by atomic mass is 16.5. The molecule has 9 nitrogen and oxygen atoms in total. The van der Waals surface area contributed by atoms with Crippen LogP contribution < -0.4 is 14.4 Å². The molecule has 1 rings (SSSR count). The van der Waals surface area contributed by atoms with Crippen molar-refractivity contribution in [2.24, 2.45) is 0 Å². The van der Waals surface area contributed by atoms with Crippen LogP contribution in [0.2, 0.25) is 0 Å². The Morgan fingerprint density at radius 1 is 0.535 bits per heavy atom. The Labute approximate surface area is 258 Å². The summed E-state index contributed by atoms with van der Waals surface area (Å²) in [5, 5.41) is 18.6. The van der Waals surface area contributed by atoms with Crippen LogP contribution >= 0.6 is 0 Å². The van der Waals surface area contributed by atoms with Gasteiger partial charge in [0.2, 0.25) is 0 Å². The van der Waals surface area contributed by atoms with Crippen molar-refractivity contribution in [1.82, 2.24) is 0 Å². The molecule has 2 N–H and O–H groups in total. The number of carboxylic acids is 2. The lowest BCUT2D eigenvalue weighted by atomic mass is 10.1. The second-order valence-electron chi connectivity index (χ2n) is 11.4. The maximum absolute atomic E-state index is 12.6. The highest BCUT2D eigenvalue weighted by Crippen LogP contribution is 2.30. The van der Waals surface area contributed by atoms with E-state index in [4.69, 9.17) is 9.47 Å². The molecule has 0 radical (unpaired) electrons. The Morgan fingerprint density at radius 3 is 1.19 bits per heavy atom. The third-order valence-corrected chi connectivity index (χ3v) is 7.31. The van der Waals surface area contributed by atoms with Crippen LogP contribution in [0, 0.1) is 0 Å². The number of carbonyl (C=O) groups excluding carboxylic acids is 2. The van der Waals surface area contributed by atoms with Crippen LogP contribution in [0.1, 0.15) is 142 Å². The minimum Gasteiger partial charge on any atom is -0.480 e. The van der Waals surface area contributed by atoms with Gasteiger partial charge < -0.3 is 24.6 Å². The van der Waals surface area contributed by atoms with E-state index >= 15 is 0 Å². The summed E-state index contributed by atoms with van der Waals surface area (Å²) < 4.78 is 11.0. The van der Waals surface area contributed by atoms with Gasteiger partial charge in [-0.3, -0.25) is 19.2 Å². The van der Waals surface area contributed by atoms with Crippen LogP contribution in [0.15, 0.2) is 18.2 Å². The summed E-state index contributed by atoms with van der Waals surface area (Å²) in [5.41, 5.74) is 0.170. The van der Waals surface area contributed by atoms with Crippen molar-refractivity contribution < 1.29 is 38.9 Å². The Morgan fingerprint density at radius 2 is 0.860 bits per heavy atom. The largest absolute Gasteiger partial charge is 0.480 e. The Balaban J connectivity index is 2.72. The molecule has 43 heavy (non-hydrogen) atoms. The van der Waals surface area contributed by atoms with Crippen molar-refractivity contribution in [2.45, 2.75) is 142 Å². The smallest absolute Gasteiger partial charge is 0.323 e. The summed E-state index contributed by atoms with van der Waals surface area (Å²) >= 11 is 0. The maximum Gasteiger partial charge on any atom is 0.323 e. The second-order valence-corrected chi connectivity index (χ2v) is 11.4. The zero-order valence-corrected chi connectivity index (χ0v) is 26.6. The summed E-state index contributed by atoms with van der Waals surface area (Å²) in [6.07, 6.45) is 20.6. The molecule has 0 aliphatic carbocycles. The van der Waals surface area contributed by atoms with Crippen LogP contribution in [0.3, 0.4) is 0 Å². The van der Waals surface area contributed by atoms with E-state index in [2.05, 4.69) is 13.8 Å². The van der Waals surface area contributed by atoms with Crippen LogP contribution in [-0.2, 0) is 19.2 Å². The molecule has 0 heterocycles. The van der Waals surface area contributed by atoms with E-state index in [0.717, 1.165) is 43.4 Å². The fourth-order valence-corrected chi connectivity index (χ4v) is 4.95. The predicted molar refractivity (Wildman–Crippen MR) is 169 cm³/mol. The van der Waals surface area contributed by atoms with E-state index in [0.29, 0.717) is 12.8 Å². The van der Waals surface area contributed by atoms with Gasteiger partial charge in [0.25, 0.3) is 0 Å². The Kier molecular flexibility index (Phi) is 21.5. The van der Waals surface area contributed by atoms with E-state index in [1.807, 2.05) is 0 Å². The molecule has 244 valence electrons. The molecule has 0 bridgehead atoms. The summed E-state index contributed by atoms with van der Waals surface area (Å²) in [6, 6.07) is 4.21. The van der Waals surface area contributed by atoms with Gasteiger partial charge in [-0.15, -0.1) is 0 Å². The third-order valence-electron chi connectivity index (χ3n) is 7.31. The Hall–Kier alpha value is -3.10. The van der Waals surface area contributed by atoms with Crippen LogP contribution in [0.4, 0.5) is 5.69 Å². The number of carbonyl (C=O) groups is 4. The van der Waals surface area contributed by atoms with Crippen molar-refractivity contribution in [2.75, 3.05) is 18.0 Å². The van der Waals surface area contributed by atoms with Crippen LogP contribution in [-0.4, -0.2) is 47.2 Å². The monoisotopic (exact) mass is 605 g/mol. The van der Waals surface area contributed by atoms with E-state index < -0.39 is 37.0 Å². The molecule has 0 aromatic heterocycles. The number of rotatable bonds is 27. The van der Waals surface area contributed by atoms with Crippen molar-refractivity contribution >= 4 is 29.6 Å². The van der Waals surface area contributed by atoms with Crippen LogP contribution in [0.25, 0.3) is 0 Å². The van der Waals surface area contributed by atoms with Gasteiger partial charge in [-0.1, -0.05) is 117 Å². The summed E-state index contributed by atoms with van der Waals surface area (Å²) in [6.45, 7) is 3.22. The normalized spacial score (nSPS) is 10.8. The lowest BCUT2D eigenvalue weighted by Gasteiger charge is -2.22. The molecule has 0 fully saturated rings. The molecule has 0 aliphatic rings. The number of anilines is 1. The highest BCUT2D eigenvalue weighted by Gasteiger charge is 2.18. The van der Waals surface area contributed by atoms with E-state index in [-0.39, 0.29) is 30.0 Å². The number of nitrogens with zero attached hydrogens (tertiary/aromatic N) is 1. The SMILES string of the molecule is CCCCCCCCCCCC(=O)Oc1cc(OC(=O)CCCCCCCCCCC)cc(N(CC(=O)O)CC(=O)O)c1. The van der Waals surface area contributed by atoms with Crippen molar-refractivity contribution in [3.05, 3.63) is 18.2 Å². The van der Waals surface area contributed by atoms with E-state index in [9.17, 15) is 29.4 Å². The lowest BCUT2D eigenvalue weighted by molar-refractivity contribution is -0.137. The molecule has 0 aliphatic heterocycles. The number of unbranched alkanes of at least 4 members (excludes halogenated alkanes) is 16. The first-order valence-electron chi connectivity index (χ1n) is 16.5. The molecule has 0 saturated carbocycles. The molecule has 9 heteroatoms. The number of ether oxygens (including phenoxy) is 2. The molecule has 0 amide bonds. The number of benzene rings is 1. The minimum atomic E-state index is -1.22. The van der Waals surface area contributed by atoms with Gasteiger partial charge in [-0.2, -0.15) is 0 Å². The molecular weight excluding hydrogens is 550 g/mol. The maximum atomic E-state index is 12.6. The van der Waals surface area contributed by atoms with E-state index in [1.165, 1.54) is 82.4 Å². The molecular formula is C34H55NO8. The Bertz CT molecular complexity index is 878. The summed E-state index contributed by atoms with van der Waals surface area (Å²) in [4.78, 5) is 49.0. The van der Waals surface area contributed by atoms with Gasteiger partial charge in [-0.25, -0.2) is 0 Å². The first kappa shape index (κ1) is 37.9. The minimum absolute atomic E-state index is 0.0741. The molecule has 0 saturated heterocycles. The van der Waals surface area contributed by atoms with Crippen molar-refractivity contribution in [1.29, 1.82) is 0 Å². The average Bonchev–Trinajstić information content (AvgIpc) is 2.94. The zero-order valence-electron chi connectivity index (χ0n) is 26.6. The predicted octanol–water partition coefficient (Wildman–Crippen LogP) is 8.31. The standard InChI is InChI=1S/C34H55NO8/c1-3-5-7-9-11-13-15-17-19-21-33(40)42-29-23-28(35(26-31(36)37)27-32(38)39)24-30(25-29)43-34(41)22-20-18-16-14-12-10-8-6-4-2/h23-25H,3-22,26-27H2,1-2H3,(H,36,37)(H,38,39). The number of carboxylic acid groups (broad SMARTS) is 2. The van der Waals surface area contributed by atoms with Gasteiger partial charge in [0.15, 0.2) is 0 Å². The van der Waals surface area contributed by atoms with Crippen LogP contribution in [0.5, 0.6) is 11.5 Å². The molecule has 0 spiro atoms. The molecule has 0 atom stereocenters. The first-order valence-corrected chi connectivity index (χ1v) is 16.5. The zero-order chi connectivity index (χ0) is 31.7. The summed E-state index contributed by atoms with van der Waals surface area (Å²) in [7, 11) is 0. The summed E-state index contributed by atoms with van der Waals surface area (Å²) in [5.74, 6) is -3.20.